The number of rotatable bonds is 6. The summed E-state index contributed by atoms with van der Waals surface area (Å²) in [5.74, 6) is -1.06. The maximum absolute atomic E-state index is 12.4. The van der Waals surface area contributed by atoms with E-state index in [0.29, 0.717) is 16.5 Å². The van der Waals surface area contributed by atoms with Crippen molar-refractivity contribution in [3.63, 3.8) is 0 Å². The number of amides is 1. The van der Waals surface area contributed by atoms with E-state index in [1.54, 1.807) is 6.08 Å². The summed E-state index contributed by atoms with van der Waals surface area (Å²) < 4.78 is 10.0. The fraction of sp³-hybridized carbons (Fsp3) is 0.269. The van der Waals surface area contributed by atoms with Crippen molar-refractivity contribution < 1.29 is 23.9 Å². The Balaban J connectivity index is 1.40. The maximum Gasteiger partial charge on any atom is 0.341 e. The van der Waals surface area contributed by atoms with Crippen molar-refractivity contribution in [2.45, 2.75) is 26.2 Å². The quantitative estimate of drug-likeness (QED) is 0.411. The van der Waals surface area contributed by atoms with Crippen LogP contribution in [0.4, 0.5) is 5.00 Å². The Hall–Kier alpha value is -3.45. The molecule has 0 saturated carbocycles. The molecule has 6 nitrogen and oxygen atoms in total. The SMILES string of the molecule is COC(=O)c1c(NC(=O)COC(=O)C=Cc2cccc3ccccc23)sc2c1CCC(C)C2. The molecule has 1 aromatic heterocycles. The predicted molar refractivity (Wildman–Crippen MR) is 129 cm³/mol. The summed E-state index contributed by atoms with van der Waals surface area (Å²) >= 11 is 1.39. The van der Waals surface area contributed by atoms with Crippen LogP contribution >= 0.6 is 11.3 Å². The molecular formula is C26H25NO5S. The zero-order valence-electron chi connectivity index (χ0n) is 18.6. The third kappa shape index (κ3) is 5.14. The molecule has 1 atom stereocenters. The van der Waals surface area contributed by atoms with Gasteiger partial charge >= 0.3 is 11.9 Å². The van der Waals surface area contributed by atoms with Crippen LogP contribution in [0, 0.1) is 5.92 Å². The normalized spacial score (nSPS) is 15.3. The minimum Gasteiger partial charge on any atom is -0.465 e. The van der Waals surface area contributed by atoms with Crippen LogP contribution in [-0.4, -0.2) is 31.6 Å². The first-order valence-electron chi connectivity index (χ1n) is 10.8. The lowest BCUT2D eigenvalue weighted by molar-refractivity contribution is -0.142. The number of carbonyl (C=O) groups excluding carboxylic acids is 3. The number of ether oxygens (including phenoxy) is 2. The first-order valence-corrected chi connectivity index (χ1v) is 11.6. The van der Waals surface area contributed by atoms with Crippen LogP contribution < -0.4 is 5.32 Å². The Labute approximate surface area is 196 Å². The van der Waals surface area contributed by atoms with Crippen LogP contribution in [0.15, 0.2) is 48.5 Å². The van der Waals surface area contributed by atoms with Crippen molar-refractivity contribution in [1.29, 1.82) is 0 Å². The molecule has 3 aromatic rings. The molecule has 0 bridgehead atoms. The maximum atomic E-state index is 12.4. The number of esters is 2. The smallest absolute Gasteiger partial charge is 0.341 e. The monoisotopic (exact) mass is 463 g/mol. The summed E-state index contributed by atoms with van der Waals surface area (Å²) in [5, 5.41) is 5.27. The van der Waals surface area contributed by atoms with Crippen molar-refractivity contribution in [2.75, 3.05) is 19.0 Å². The van der Waals surface area contributed by atoms with Crippen molar-refractivity contribution in [3.8, 4) is 0 Å². The zero-order chi connectivity index (χ0) is 23.4. The Morgan fingerprint density at radius 3 is 2.76 bits per heavy atom. The summed E-state index contributed by atoms with van der Waals surface area (Å²) in [6.07, 6.45) is 5.61. The molecule has 0 fully saturated rings. The van der Waals surface area contributed by atoms with Crippen molar-refractivity contribution in [2.24, 2.45) is 5.92 Å². The number of thiophene rings is 1. The van der Waals surface area contributed by atoms with Crippen LogP contribution in [0.1, 0.15) is 39.7 Å². The highest BCUT2D eigenvalue weighted by Gasteiger charge is 2.29. The molecule has 1 unspecified atom stereocenters. The largest absolute Gasteiger partial charge is 0.465 e. The van der Waals surface area contributed by atoms with Crippen LogP contribution in [0.3, 0.4) is 0 Å². The number of hydrogen-bond donors (Lipinski definition) is 1. The molecule has 7 heteroatoms. The lowest BCUT2D eigenvalue weighted by atomic mass is 9.88. The van der Waals surface area contributed by atoms with E-state index in [9.17, 15) is 14.4 Å². The fourth-order valence-electron chi connectivity index (χ4n) is 4.06. The van der Waals surface area contributed by atoms with Gasteiger partial charge in [0.1, 0.15) is 5.00 Å². The summed E-state index contributed by atoms with van der Waals surface area (Å²) in [7, 11) is 1.33. The van der Waals surface area contributed by atoms with Gasteiger partial charge in [-0.3, -0.25) is 4.79 Å². The lowest BCUT2D eigenvalue weighted by Gasteiger charge is -2.18. The molecule has 1 aliphatic carbocycles. The Morgan fingerprint density at radius 1 is 1.15 bits per heavy atom. The summed E-state index contributed by atoms with van der Waals surface area (Å²) in [6, 6.07) is 13.7. The number of carbonyl (C=O) groups is 3. The average molecular weight is 464 g/mol. The molecule has 1 amide bonds. The van der Waals surface area contributed by atoms with Gasteiger partial charge in [0, 0.05) is 11.0 Å². The second-order valence-corrected chi connectivity index (χ2v) is 9.21. The summed E-state index contributed by atoms with van der Waals surface area (Å²) in [5.41, 5.74) is 2.26. The molecule has 0 aliphatic heterocycles. The highest BCUT2D eigenvalue weighted by Crippen LogP contribution is 2.40. The van der Waals surface area contributed by atoms with Gasteiger partial charge in [-0.1, -0.05) is 49.4 Å². The molecule has 0 radical (unpaired) electrons. The van der Waals surface area contributed by atoms with Crippen LogP contribution in [0.25, 0.3) is 16.8 Å². The zero-order valence-corrected chi connectivity index (χ0v) is 19.4. The van der Waals surface area contributed by atoms with Gasteiger partial charge in [0.2, 0.25) is 0 Å². The second kappa shape index (κ2) is 10.0. The van der Waals surface area contributed by atoms with E-state index in [4.69, 9.17) is 9.47 Å². The predicted octanol–water partition coefficient (Wildman–Crippen LogP) is 5.01. The highest BCUT2D eigenvalue weighted by molar-refractivity contribution is 7.17. The molecular weight excluding hydrogens is 438 g/mol. The van der Waals surface area contributed by atoms with E-state index < -0.39 is 24.5 Å². The minimum atomic E-state index is -0.620. The number of nitrogens with one attached hydrogen (secondary N) is 1. The van der Waals surface area contributed by atoms with Gasteiger partial charge in [0.15, 0.2) is 6.61 Å². The highest BCUT2D eigenvalue weighted by atomic mass is 32.1. The Morgan fingerprint density at radius 2 is 1.94 bits per heavy atom. The molecule has 170 valence electrons. The second-order valence-electron chi connectivity index (χ2n) is 8.11. The Kier molecular flexibility index (Phi) is 6.89. The van der Waals surface area contributed by atoms with Gasteiger partial charge in [-0.15, -0.1) is 11.3 Å². The molecule has 2 aromatic carbocycles. The van der Waals surface area contributed by atoms with Crippen molar-refractivity contribution in [1.82, 2.24) is 0 Å². The van der Waals surface area contributed by atoms with Gasteiger partial charge in [-0.05, 0) is 53.2 Å². The third-order valence-electron chi connectivity index (χ3n) is 5.72. The third-order valence-corrected chi connectivity index (χ3v) is 6.89. The molecule has 4 rings (SSSR count). The number of fused-ring (bicyclic) bond motifs is 2. The number of benzene rings is 2. The number of hydrogen-bond acceptors (Lipinski definition) is 6. The Bertz CT molecular complexity index is 1240. The number of anilines is 1. The van der Waals surface area contributed by atoms with Crippen LogP contribution in [-0.2, 0) is 31.9 Å². The molecule has 1 aliphatic rings. The molecule has 1 heterocycles. The van der Waals surface area contributed by atoms with E-state index in [2.05, 4.69) is 12.2 Å². The minimum absolute atomic E-state index is 0.417. The van der Waals surface area contributed by atoms with Gasteiger partial charge in [0.05, 0.1) is 12.7 Å². The average Bonchev–Trinajstić information content (AvgIpc) is 3.17. The van der Waals surface area contributed by atoms with Crippen molar-refractivity contribution >= 4 is 51.0 Å². The summed E-state index contributed by atoms with van der Waals surface area (Å²) in [4.78, 5) is 38.1. The van der Waals surface area contributed by atoms with E-state index in [-0.39, 0.29) is 0 Å². The van der Waals surface area contributed by atoms with Gasteiger partial charge in [-0.2, -0.15) is 0 Å². The van der Waals surface area contributed by atoms with Gasteiger partial charge in [-0.25, -0.2) is 9.59 Å². The number of methoxy groups -OCH3 is 1. The summed E-state index contributed by atoms with van der Waals surface area (Å²) in [6.45, 7) is 1.72. The van der Waals surface area contributed by atoms with Crippen LogP contribution in [0.2, 0.25) is 0 Å². The topological polar surface area (TPSA) is 81.7 Å². The standard InChI is InChI=1S/C26H25NO5S/c1-16-10-12-20-21(14-16)33-25(24(20)26(30)31-2)27-22(28)15-32-23(29)13-11-18-8-5-7-17-6-3-4-9-19(17)18/h3-9,11,13,16H,10,12,14-15H2,1-2H3,(H,27,28). The van der Waals surface area contributed by atoms with Crippen molar-refractivity contribution in [3.05, 3.63) is 70.1 Å². The fourth-order valence-corrected chi connectivity index (χ4v) is 5.47. The van der Waals surface area contributed by atoms with E-state index >= 15 is 0 Å². The van der Waals surface area contributed by atoms with Gasteiger partial charge in [0.25, 0.3) is 5.91 Å². The molecule has 0 spiro atoms. The first kappa shape index (κ1) is 22.7. The van der Waals surface area contributed by atoms with E-state index in [1.807, 2.05) is 42.5 Å². The van der Waals surface area contributed by atoms with Gasteiger partial charge < -0.3 is 14.8 Å². The van der Waals surface area contributed by atoms with E-state index in [0.717, 1.165) is 46.0 Å². The molecule has 1 N–H and O–H groups in total. The first-order chi connectivity index (χ1) is 16.0. The molecule has 0 saturated heterocycles. The van der Waals surface area contributed by atoms with Crippen LogP contribution in [0.5, 0.6) is 0 Å². The molecule has 33 heavy (non-hydrogen) atoms. The lowest BCUT2D eigenvalue weighted by Crippen LogP contribution is -2.21. The van der Waals surface area contributed by atoms with E-state index in [1.165, 1.54) is 24.5 Å².